The average molecular weight is 303 g/mol. The van der Waals surface area contributed by atoms with Crippen molar-refractivity contribution in [3.63, 3.8) is 0 Å². The Hall–Kier alpha value is -1.81. The fourth-order valence-electron chi connectivity index (χ4n) is 2.81. The molecule has 0 bridgehead atoms. The monoisotopic (exact) mass is 302 g/mol. The van der Waals surface area contributed by atoms with Gasteiger partial charge >= 0.3 is 0 Å². The molecule has 0 aliphatic carbocycles. The van der Waals surface area contributed by atoms with Crippen LogP contribution in [-0.4, -0.2) is 36.4 Å². The van der Waals surface area contributed by atoms with Gasteiger partial charge in [0.25, 0.3) is 0 Å². The number of benzene rings is 1. The third-order valence-electron chi connectivity index (χ3n) is 3.91. The van der Waals surface area contributed by atoms with E-state index in [1.54, 1.807) is 6.07 Å². The lowest BCUT2D eigenvalue weighted by Crippen LogP contribution is -2.47. The molecule has 1 aromatic heterocycles. The molecule has 0 unspecified atom stereocenters. The van der Waals surface area contributed by atoms with Crippen LogP contribution in [0, 0.1) is 13.8 Å². The van der Waals surface area contributed by atoms with Crippen LogP contribution in [0.1, 0.15) is 11.1 Å². The number of hydrogen-bond acceptors (Lipinski definition) is 4. The number of anilines is 2. The van der Waals surface area contributed by atoms with Gasteiger partial charge in [-0.25, -0.2) is 0 Å². The minimum absolute atomic E-state index is 0.438. The van der Waals surface area contributed by atoms with E-state index in [1.807, 2.05) is 6.07 Å². The van der Waals surface area contributed by atoms with Crippen molar-refractivity contribution >= 4 is 23.1 Å². The van der Waals surface area contributed by atoms with Crippen LogP contribution in [0.2, 0.25) is 5.15 Å². The van der Waals surface area contributed by atoms with E-state index < -0.39 is 0 Å². The molecule has 0 atom stereocenters. The van der Waals surface area contributed by atoms with Crippen molar-refractivity contribution in [2.24, 2.45) is 0 Å². The fraction of sp³-hybridized carbons (Fsp3) is 0.375. The first-order chi connectivity index (χ1) is 10.1. The van der Waals surface area contributed by atoms with Gasteiger partial charge in [-0.3, -0.25) is 0 Å². The summed E-state index contributed by atoms with van der Waals surface area (Å²) in [5.74, 6) is 0.902. The first-order valence-electron chi connectivity index (χ1n) is 7.20. The summed E-state index contributed by atoms with van der Waals surface area (Å²) in [6.07, 6.45) is 0. The molecule has 0 saturated carbocycles. The van der Waals surface area contributed by atoms with Crippen molar-refractivity contribution in [2.75, 3.05) is 36.0 Å². The second kappa shape index (κ2) is 5.90. The molecule has 21 heavy (non-hydrogen) atoms. The average Bonchev–Trinajstić information content (AvgIpc) is 2.48. The number of nitrogens with zero attached hydrogens (tertiary/aromatic N) is 4. The van der Waals surface area contributed by atoms with E-state index in [1.165, 1.54) is 16.8 Å². The molecule has 1 saturated heterocycles. The molecule has 1 aromatic carbocycles. The molecule has 0 radical (unpaired) electrons. The quantitative estimate of drug-likeness (QED) is 0.853. The van der Waals surface area contributed by atoms with Crippen molar-refractivity contribution in [1.29, 1.82) is 0 Å². The first kappa shape index (κ1) is 14.1. The summed E-state index contributed by atoms with van der Waals surface area (Å²) in [5, 5.41) is 8.51. The summed E-state index contributed by atoms with van der Waals surface area (Å²) in [4.78, 5) is 4.69. The highest BCUT2D eigenvalue weighted by Crippen LogP contribution is 2.23. The van der Waals surface area contributed by atoms with Gasteiger partial charge < -0.3 is 9.80 Å². The Morgan fingerprint density at radius 3 is 2.24 bits per heavy atom. The Labute approximate surface area is 130 Å². The number of piperazine rings is 1. The van der Waals surface area contributed by atoms with Crippen LogP contribution in [-0.2, 0) is 0 Å². The van der Waals surface area contributed by atoms with Crippen LogP contribution < -0.4 is 9.80 Å². The van der Waals surface area contributed by atoms with E-state index in [-0.39, 0.29) is 0 Å². The molecule has 0 N–H and O–H groups in total. The van der Waals surface area contributed by atoms with Gasteiger partial charge in [0.05, 0.1) is 0 Å². The summed E-state index contributed by atoms with van der Waals surface area (Å²) in [6.45, 7) is 8.20. The maximum Gasteiger partial charge on any atom is 0.151 e. The number of hydrogen-bond donors (Lipinski definition) is 0. The molecular formula is C16H19ClN4. The van der Waals surface area contributed by atoms with Crippen LogP contribution in [0.5, 0.6) is 0 Å². The molecule has 0 amide bonds. The molecule has 3 rings (SSSR count). The minimum atomic E-state index is 0.438. The smallest absolute Gasteiger partial charge is 0.151 e. The predicted octanol–water partition coefficient (Wildman–Crippen LogP) is 3.07. The van der Waals surface area contributed by atoms with Crippen molar-refractivity contribution in [3.05, 3.63) is 46.6 Å². The van der Waals surface area contributed by atoms with Gasteiger partial charge in [-0.2, -0.15) is 0 Å². The molecule has 0 spiro atoms. The van der Waals surface area contributed by atoms with E-state index in [4.69, 9.17) is 11.6 Å². The minimum Gasteiger partial charge on any atom is -0.368 e. The standard InChI is InChI=1S/C16H19ClN4/c1-12-3-4-14(13(2)11-12)20-7-9-21(10-8-20)16-6-5-15(17)18-19-16/h3-6,11H,7-10H2,1-2H3. The van der Waals surface area contributed by atoms with Gasteiger partial charge in [0.2, 0.25) is 0 Å². The van der Waals surface area contributed by atoms with Crippen LogP contribution >= 0.6 is 11.6 Å². The lowest BCUT2D eigenvalue weighted by Gasteiger charge is -2.37. The van der Waals surface area contributed by atoms with Crippen molar-refractivity contribution in [2.45, 2.75) is 13.8 Å². The van der Waals surface area contributed by atoms with Crippen LogP contribution in [0.3, 0.4) is 0 Å². The van der Waals surface area contributed by atoms with E-state index in [2.05, 4.69) is 52.0 Å². The molecule has 2 aromatic rings. The zero-order valence-electron chi connectivity index (χ0n) is 12.4. The van der Waals surface area contributed by atoms with Gasteiger partial charge in [-0.05, 0) is 37.6 Å². The Kier molecular flexibility index (Phi) is 3.97. The van der Waals surface area contributed by atoms with E-state index in [0.717, 1.165) is 32.0 Å². The molecule has 1 aliphatic rings. The third kappa shape index (κ3) is 3.10. The van der Waals surface area contributed by atoms with Gasteiger partial charge in [0.15, 0.2) is 11.0 Å². The maximum atomic E-state index is 5.78. The van der Waals surface area contributed by atoms with Gasteiger partial charge in [0.1, 0.15) is 0 Å². The van der Waals surface area contributed by atoms with E-state index >= 15 is 0 Å². The number of aryl methyl sites for hydroxylation is 2. The molecule has 1 fully saturated rings. The summed E-state index contributed by atoms with van der Waals surface area (Å²) in [6, 6.07) is 10.4. The first-order valence-corrected chi connectivity index (χ1v) is 7.58. The summed E-state index contributed by atoms with van der Waals surface area (Å²) >= 11 is 5.78. The highest BCUT2D eigenvalue weighted by atomic mass is 35.5. The molecule has 1 aliphatic heterocycles. The number of rotatable bonds is 2. The predicted molar refractivity (Wildman–Crippen MR) is 87.4 cm³/mol. The topological polar surface area (TPSA) is 32.3 Å². The number of aromatic nitrogens is 2. The highest BCUT2D eigenvalue weighted by molar-refractivity contribution is 6.29. The Morgan fingerprint density at radius 2 is 1.62 bits per heavy atom. The highest BCUT2D eigenvalue weighted by Gasteiger charge is 2.19. The molecule has 110 valence electrons. The van der Waals surface area contributed by atoms with E-state index in [9.17, 15) is 0 Å². The molecule has 4 nitrogen and oxygen atoms in total. The van der Waals surface area contributed by atoms with Crippen molar-refractivity contribution in [1.82, 2.24) is 10.2 Å². The summed E-state index contributed by atoms with van der Waals surface area (Å²) < 4.78 is 0. The molecular weight excluding hydrogens is 284 g/mol. The zero-order valence-corrected chi connectivity index (χ0v) is 13.1. The normalized spacial score (nSPS) is 15.4. The Balaban J connectivity index is 1.68. The van der Waals surface area contributed by atoms with Gasteiger partial charge in [-0.1, -0.05) is 29.3 Å². The second-order valence-corrected chi connectivity index (χ2v) is 5.87. The summed E-state index contributed by atoms with van der Waals surface area (Å²) in [7, 11) is 0. The molecule has 2 heterocycles. The van der Waals surface area contributed by atoms with Crippen molar-refractivity contribution < 1.29 is 0 Å². The SMILES string of the molecule is Cc1ccc(N2CCN(c3ccc(Cl)nn3)CC2)c(C)c1. The Bertz CT molecular complexity index is 619. The third-order valence-corrected chi connectivity index (χ3v) is 4.12. The van der Waals surface area contributed by atoms with Gasteiger partial charge in [0, 0.05) is 31.9 Å². The van der Waals surface area contributed by atoms with E-state index in [0.29, 0.717) is 5.15 Å². The van der Waals surface area contributed by atoms with Gasteiger partial charge in [-0.15, -0.1) is 10.2 Å². The lowest BCUT2D eigenvalue weighted by molar-refractivity contribution is 0.642. The lowest BCUT2D eigenvalue weighted by atomic mass is 10.1. The maximum absolute atomic E-state index is 5.78. The largest absolute Gasteiger partial charge is 0.368 e. The van der Waals surface area contributed by atoms with Crippen LogP contribution in [0.4, 0.5) is 11.5 Å². The summed E-state index contributed by atoms with van der Waals surface area (Å²) in [5.41, 5.74) is 3.99. The fourth-order valence-corrected chi connectivity index (χ4v) is 2.92. The zero-order chi connectivity index (χ0) is 14.8. The number of halogens is 1. The van der Waals surface area contributed by atoms with Crippen LogP contribution in [0.25, 0.3) is 0 Å². The Morgan fingerprint density at radius 1 is 0.905 bits per heavy atom. The van der Waals surface area contributed by atoms with Crippen LogP contribution in [0.15, 0.2) is 30.3 Å². The second-order valence-electron chi connectivity index (χ2n) is 5.48. The molecule has 5 heteroatoms. The van der Waals surface area contributed by atoms with Crippen molar-refractivity contribution in [3.8, 4) is 0 Å².